The summed E-state index contributed by atoms with van der Waals surface area (Å²) in [6.07, 6.45) is 0. The molecular formula is C65H38N2S. The van der Waals surface area contributed by atoms with Gasteiger partial charge in [-0.3, -0.25) is 4.40 Å². The molecule has 0 N–H and O–H groups in total. The number of pyridine rings is 1. The Morgan fingerprint density at radius 2 is 0.779 bits per heavy atom. The third-order valence-electron chi connectivity index (χ3n) is 14.5. The van der Waals surface area contributed by atoms with Gasteiger partial charge < -0.3 is 0 Å². The molecule has 3 heterocycles. The highest BCUT2D eigenvalue weighted by Gasteiger charge is 2.20. The van der Waals surface area contributed by atoms with Crippen molar-refractivity contribution in [3.05, 3.63) is 231 Å². The summed E-state index contributed by atoms with van der Waals surface area (Å²) in [5.74, 6) is 0. The largest absolute Gasteiger partial charge is 0.291 e. The Morgan fingerprint density at radius 3 is 1.40 bits per heavy atom. The van der Waals surface area contributed by atoms with Gasteiger partial charge in [-0.25, -0.2) is 4.98 Å². The molecule has 0 bridgehead atoms. The van der Waals surface area contributed by atoms with Crippen molar-refractivity contribution in [1.82, 2.24) is 9.38 Å². The fourth-order valence-electron chi connectivity index (χ4n) is 11.2. The lowest BCUT2D eigenvalue weighted by Gasteiger charge is -2.14. The van der Waals surface area contributed by atoms with Gasteiger partial charge in [-0.1, -0.05) is 194 Å². The molecule has 0 aliphatic rings. The molecule has 15 rings (SSSR count). The highest BCUT2D eigenvalue weighted by atomic mass is 32.1. The predicted octanol–water partition coefficient (Wildman–Crippen LogP) is 18.4. The Bertz CT molecular complexity index is 4560. The number of thiophene rings is 1. The van der Waals surface area contributed by atoms with Crippen LogP contribution in [0.3, 0.4) is 0 Å². The second kappa shape index (κ2) is 14.4. The first-order valence-electron chi connectivity index (χ1n) is 23.3. The van der Waals surface area contributed by atoms with E-state index in [0.29, 0.717) is 0 Å². The minimum Gasteiger partial charge on any atom is -0.291 e. The smallest absolute Gasteiger partial charge is 0.156 e. The van der Waals surface area contributed by atoms with Gasteiger partial charge in [0.1, 0.15) is 0 Å². The first kappa shape index (κ1) is 37.6. The SMILES string of the molecule is c1ccc2cc3c(cc2c1)nc1c2sc4cc5ccccc5cc4c2cc(-c2ccc(-c4ccc(-c5ccc(-c6ccc7c8ccccc8c8ccccc8c7c6)cc5)c5ccccc45)cc2)n31. The van der Waals surface area contributed by atoms with Crippen LogP contribution in [0.2, 0.25) is 0 Å². The molecule has 68 heavy (non-hydrogen) atoms. The first-order chi connectivity index (χ1) is 33.7. The molecule has 0 spiro atoms. The Hall–Kier alpha value is -8.63. The van der Waals surface area contributed by atoms with Gasteiger partial charge in [0.05, 0.1) is 21.4 Å². The summed E-state index contributed by atoms with van der Waals surface area (Å²) in [7, 11) is 0. The maximum Gasteiger partial charge on any atom is 0.156 e. The zero-order valence-electron chi connectivity index (χ0n) is 36.7. The van der Waals surface area contributed by atoms with Crippen molar-refractivity contribution in [3.8, 4) is 44.6 Å². The lowest BCUT2D eigenvalue weighted by molar-refractivity contribution is 1.25. The van der Waals surface area contributed by atoms with Gasteiger partial charge in [0.25, 0.3) is 0 Å². The maximum absolute atomic E-state index is 5.40. The van der Waals surface area contributed by atoms with E-state index in [1.165, 1.54) is 118 Å². The molecule has 0 saturated heterocycles. The summed E-state index contributed by atoms with van der Waals surface area (Å²) in [6.45, 7) is 0. The topological polar surface area (TPSA) is 17.3 Å². The van der Waals surface area contributed by atoms with Crippen molar-refractivity contribution in [3.63, 3.8) is 0 Å². The van der Waals surface area contributed by atoms with Crippen LogP contribution in [0.25, 0.3) is 146 Å². The molecule has 3 heteroatoms. The summed E-state index contributed by atoms with van der Waals surface area (Å²) >= 11 is 1.85. The van der Waals surface area contributed by atoms with Crippen molar-refractivity contribution < 1.29 is 0 Å². The Balaban J connectivity index is 0.826. The second-order valence-electron chi connectivity index (χ2n) is 18.2. The molecule has 3 aromatic heterocycles. The summed E-state index contributed by atoms with van der Waals surface area (Å²) < 4.78 is 4.89. The minimum atomic E-state index is 1.01. The van der Waals surface area contributed by atoms with Crippen LogP contribution in [-0.4, -0.2) is 9.38 Å². The van der Waals surface area contributed by atoms with E-state index in [0.717, 1.165) is 27.9 Å². The van der Waals surface area contributed by atoms with Crippen molar-refractivity contribution in [2.75, 3.05) is 0 Å². The maximum atomic E-state index is 5.40. The Labute approximate surface area is 395 Å². The molecule has 0 fully saturated rings. The zero-order valence-corrected chi connectivity index (χ0v) is 37.6. The van der Waals surface area contributed by atoms with Crippen molar-refractivity contribution >= 4 is 113 Å². The van der Waals surface area contributed by atoms with Crippen LogP contribution in [0.5, 0.6) is 0 Å². The number of benzene rings is 12. The van der Waals surface area contributed by atoms with Gasteiger partial charge in [0, 0.05) is 15.5 Å². The summed E-state index contributed by atoms with van der Waals surface area (Å²) in [4.78, 5) is 5.40. The summed E-state index contributed by atoms with van der Waals surface area (Å²) in [5.41, 5.74) is 12.7. The third-order valence-corrected chi connectivity index (χ3v) is 15.7. The van der Waals surface area contributed by atoms with Crippen molar-refractivity contribution in [2.24, 2.45) is 0 Å². The first-order valence-corrected chi connectivity index (χ1v) is 24.2. The van der Waals surface area contributed by atoms with E-state index in [4.69, 9.17) is 4.98 Å². The van der Waals surface area contributed by atoms with E-state index < -0.39 is 0 Å². The van der Waals surface area contributed by atoms with Gasteiger partial charge in [0.15, 0.2) is 5.65 Å². The fraction of sp³-hybridized carbons (Fsp3) is 0. The van der Waals surface area contributed by atoms with Crippen LogP contribution in [0, 0.1) is 0 Å². The standard InChI is InChI=1S/C65H38N2S/c1-4-14-46-37-63-58(34-43(46)11-1)59-38-61(67-62-36-45-13-3-2-12-44(45)35-60(62)66-65(67)64(59)68-63)42-27-25-41(26-28-42)49-32-31-48(50-15-5-6-16-51(49)50)40-23-21-39(22-24-40)47-29-30-56-54-19-8-7-17-52(54)53-18-9-10-20-55(53)57(56)33-47/h1-38H. The molecule has 314 valence electrons. The van der Waals surface area contributed by atoms with Crippen molar-refractivity contribution in [1.29, 1.82) is 0 Å². The number of nitrogens with zero attached hydrogens (tertiary/aromatic N) is 2. The van der Waals surface area contributed by atoms with Gasteiger partial charge in [0.2, 0.25) is 0 Å². The molecular weight excluding hydrogens is 841 g/mol. The number of hydrogen-bond acceptors (Lipinski definition) is 2. The minimum absolute atomic E-state index is 1.01. The van der Waals surface area contributed by atoms with E-state index in [1.807, 2.05) is 11.3 Å². The van der Waals surface area contributed by atoms with Gasteiger partial charge in [-0.2, -0.15) is 0 Å². The van der Waals surface area contributed by atoms with E-state index in [9.17, 15) is 0 Å². The summed E-state index contributed by atoms with van der Waals surface area (Å²) in [6, 6.07) is 85.3. The van der Waals surface area contributed by atoms with E-state index >= 15 is 0 Å². The second-order valence-corrected chi connectivity index (χ2v) is 19.3. The number of aromatic nitrogens is 2. The number of fused-ring (bicyclic) bond motifs is 16. The number of hydrogen-bond donors (Lipinski definition) is 0. The molecule has 0 atom stereocenters. The molecule has 0 radical (unpaired) electrons. The molecule has 0 saturated carbocycles. The number of rotatable bonds is 4. The molecule has 0 aliphatic carbocycles. The zero-order chi connectivity index (χ0) is 44.5. The highest BCUT2D eigenvalue weighted by Crippen LogP contribution is 2.44. The van der Waals surface area contributed by atoms with Gasteiger partial charge in [-0.05, 0) is 140 Å². The lowest BCUT2D eigenvalue weighted by atomic mass is 9.90. The molecule has 0 unspecified atom stereocenters. The molecule has 0 aliphatic heterocycles. The van der Waals surface area contributed by atoms with Crippen LogP contribution in [0.15, 0.2) is 231 Å². The summed E-state index contributed by atoms with van der Waals surface area (Å²) in [5, 5.41) is 17.7. The van der Waals surface area contributed by atoms with E-state index in [-0.39, 0.29) is 0 Å². The van der Waals surface area contributed by atoms with Gasteiger partial charge >= 0.3 is 0 Å². The van der Waals surface area contributed by atoms with E-state index in [1.54, 1.807) is 0 Å². The Morgan fingerprint density at radius 1 is 0.309 bits per heavy atom. The number of imidazole rings is 1. The highest BCUT2D eigenvalue weighted by molar-refractivity contribution is 7.26. The normalized spacial score (nSPS) is 12.1. The monoisotopic (exact) mass is 878 g/mol. The predicted molar refractivity (Wildman–Crippen MR) is 292 cm³/mol. The van der Waals surface area contributed by atoms with Crippen LogP contribution in [-0.2, 0) is 0 Å². The molecule has 2 nitrogen and oxygen atoms in total. The third kappa shape index (κ3) is 5.60. The molecule has 0 amide bonds. The van der Waals surface area contributed by atoms with Crippen LogP contribution in [0.1, 0.15) is 0 Å². The van der Waals surface area contributed by atoms with Crippen LogP contribution >= 0.6 is 11.3 Å². The average molecular weight is 879 g/mol. The quantitative estimate of drug-likeness (QED) is 0.161. The van der Waals surface area contributed by atoms with E-state index in [2.05, 4.69) is 235 Å². The van der Waals surface area contributed by atoms with Crippen molar-refractivity contribution in [2.45, 2.75) is 0 Å². The Kier molecular flexibility index (Phi) is 7.98. The fourth-order valence-corrected chi connectivity index (χ4v) is 12.4. The molecule has 12 aromatic carbocycles. The molecule has 15 aromatic rings. The van der Waals surface area contributed by atoms with Crippen LogP contribution in [0.4, 0.5) is 0 Å². The lowest BCUT2D eigenvalue weighted by Crippen LogP contribution is -1.93. The van der Waals surface area contributed by atoms with Crippen LogP contribution < -0.4 is 0 Å². The van der Waals surface area contributed by atoms with Gasteiger partial charge in [-0.15, -0.1) is 11.3 Å². The average Bonchev–Trinajstić information content (AvgIpc) is 3.96.